The summed E-state index contributed by atoms with van der Waals surface area (Å²) in [6.07, 6.45) is -2.98. The minimum atomic E-state index is -4.47. The average Bonchev–Trinajstić information content (AvgIpc) is 3.10. The van der Waals surface area contributed by atoms with E-state index in [4.69, 9.17) is 0 Å². The van der Waals surface area contributed by atoms with Gasteiger partial charge in [-0.3, -0.25) is 4.79 Å². The first-order valence-corrected chi connectivity index (χ1v) is 8.15. The number of aromatic nitrogens is 4. The van der Waals surface area contributed by atoms with E-state index < -0.39 is 17.6 Å². The summed E-state index contributed by atoms with van der Waals surface area (Å²) >= 11 is 0. The van der Waals surface area contributed by atoms with Crippen LogP contribution < -0.4 is 5.43 Å². The van der Waals surface area contributed by atoms with E-state index in [9.17, 15) is 18.0 Å². The summed E-state index contributed by atoms with van der Waals surface area (Å²) in [5.74, 6) is -0.515. The van der Waals surface area contributed by atoms with Crippen molar-refractivity contribution in [1.82, 2.24) is 25.6 Å². The second-order valence-electron chi connectivity index (χ2n) is 5.93. The van der Waals surface area contributed by atoms with E-state index in [1.54, 1.807) is 0 Å². The van der Waals surface area contributed by atoms with Gasteiger partial charge in [0, 0.05) is 5.56 Å². The predicted octanol–water partition coefficient (Wildman–Crippen LogP) is 2.82. The number of aryl methyl sites for hydroxylation is 1. The topological polar surface area (TPSA) is 85.1 Å². The summed E-state index contributed by atoms with van der Waals surface area (Å²) in [6, 6.07) is 12.1. The molecule has 0 atom stereocenters. The van der Waals surface area contributed by atoms with Crippen molar-refractivity contribution in [1.29, 1.82) is 0 Å². The Hall–Kier alpha value is -3.56. The molecule has 3 aromatic rings. The Balaban J connectivity index is 1.62. The quantitative estimate of drug-likeness (QED) is 0.538. The highest BCUT2D eigenvalue weighted by Crippen LogP contribution is 2.31. The van der Waals surface area contributed by atoms with E-state index in [1.807, 2.05) is 31.2 Å². The maximum absolute atomic E-state index is 12.8. The SMILES string of the molecule is Cc1cccc(/C=N\NC(=O)Cn2nnc(-c3cccc(C(F)(F)F)c3)n2)c1. The molecule has 0 radical (unpaired) electrons. The summed E-state index contributed by atoms with van der Waals surface area (Å²) in [5, 5.41) is 15.2. The highest BCUT2D eigenvalue weighted by atomic mass is 19.4. The molecule has 7 nitrogen and oxygen atoms in total. The van der Waals surface area contributed by atoms with Gasteiger partial charge in [0.2, 0.25) is 5.82 Å². The molecule has 0 bridgehead atoms. The van der Waals surface area contributed by atoms with Gasteiger partial charge in [0.25, 0.3) is 5.91 Å². The van der Waals surface area contributed by atoms with Crippen molar-refractivity contribution in [2.45, 2.75) is 19.6 Å². The van der Waals surface area contributed by atoms with Crippen LogP contribution in [0.2, 0.25) is 0 Å². The molecule has 1 heterocycles. The number of alkyl halides is 3. The van der Waals surface area contributed by atoms with Crippen molar-refractivity contribution >= 4 is 12.1 Å². The number of benzene rings is 2. The number of halogens is 3. The predicted molar refractivity (Wildman–Crippen MR) is 95.2 cm³/mol. The first-order valence-electron chi connectivity index (χ1n) is 8.15. The van der Waals surface area contributed by atoms with Crippen LogP contribution in [0.1, 0.15) is 16.7 Å². The minimum Gasteiger partial charge on any atom is -0.271 e. The molecule has 3 rings (SSSR count). The fourth-order valence-corrected chi connectivity index (χ4v) is 2.35. The van der Waals surface area contributed by atoms with Crippen molar-refractivity contribution in [3.05, 3.63) is 65.2 Å². The molecule has 0 fully saturated rings. The Kier molecular flexibility index (Phi) is 5.48. The second-order valence-corrected chi connectivity index (χ2v) is 5.93. The number of amides is 1. The molecule has 0 saturated heterocycles. The molecule has 0 spiro atoms. The number of carbonyl (C=O) groups is 1. The molecule has 1 amide bonds. The fraction of sp³-hybridized carbons (Fsp3) is 0.167. The van der Waals surface area contributed by atoms with Crippen LogP contribution in [-0.4, -0.2) is 32.3 Å². The molecule has 28 heavy (non-hydrogen) atoms. The first kappa shape index (κ1) is 19.2. The van der Waals surface area contributed by atoms with E-state index in [2.05, 4.69) is 25.9 Å². The molecule has 144 valence electrons. The van der Waals surface area contributed by atoms with Gasteiger partial charge in [-0.1, -0.05) is 42.0 Å². The lowest BCUT2D eigenvalue weighted by atomic mass is 10.1. The standard InChI is InChI=1S/C18H15F3N6O/c1-12-4-2-5-13(8-12)10-22-23-16(28)11-27-25-17(24-26-27)14-6-3-7-15(9-14)18(19,20)21/h2-10H,11H2,1H3,(H,23,28)/b22-10-. The number of rotatable bonds is 5. The lowest BCUT2D eigenvalue weighted by molar-refractivity contribution is -0.137. The van der Waals surface area contributed by atoms with E-state index >= 15 is 0 Å². The zero-order chi connectivity index (χ0) is 20.1. The normalized spacial score (nSPS) is 11.7. The van der Waals surface area contributed by atoms with Gasteiger partial charge >= 0.3 is 6.18 Å². The van der Waals surface area contributed by atoms with Crippen LogP contribution in [-0.2, 0) is 17.5 Å². The van der Waals surface area contributed by atoms with Crippen LogP contribution >= 0.6 is 0 Å². The third-order valence-electron chi connectivity index (χ3n) is 3.63. The van der Waals surface area contributed by atoms with Gasteiger partial charge in [0.1, 0.15) is 6.54 Å². The third-order valence-corrected chi connectivity index (χ3v) is 3.63. The number of hydrogen-bond acceptors (Lipinski definition) is 5. The molecule has 0 unspecified atom stereocenters. The van der Waals surface area contributed by atoms with Crippen LogP contribution in [0.4, 0.5) is 13.2 Å². The highest BCUT2D eigenvalue weighted by Gasteiger charge is 2.30. The van der Waals surface area contributed by atoms with Gasteiger partial charge < -0.3 is 0 Å². The smallest absolute Gasteiger partial charge is 0.271 e. The average molecular weight is 388 g/mol. The maximum Gasteiger partial charge on any atom is 0.416 e. The number of nitrogens with zero attached hydrogens (tertiary/aromatic N) is 5. The van der Waals surface area contributed by atoms with E-state index in [0.717, 1.165) is 28.1 Å². The van der Waals surface area contributed by atoms with Gasteiger partial charge in [-0.05, 0) is 29.8 Å². The summed E-state index contributed by atoms with van der Waals surface area (Å²) in [6.45, 7) is 1.66. The van der Waals surface area contributed by atoms with Crippen molar-refractivity contribution < 1.29 is 18.0 Å². The summed E-state index contributed by atoms with van der Waals surface area (Å²) in [7, 11) is 0. The Morgan fingerprint density at radius 3 is 2.75 bits per heavy atom. The second kappa shape index (κ2) is 7.99. The Morgan fingerprint density at radius 2 is 2.00 bits per heavy atom. The molecule has 0 saturated carbocycles. The van der Waals surface area contributed by atoms with Gasteiger partial charge in [0.15, 0.2) is 0 Å². The number of hydrazone groups is 1. The molecule has 1 aromatic heterocycles. The molecule has 0 aliphatic rings. The lowest BCUT2D eigenvalue weighted by Gasteiger charge is -2.06. The van der Waals surface area contributed by atoms with E-state index in [0.29, 0.717) is 0 Å². The lowest BCUT2D eigenvalue weighted by Crippen LogP contribution is -2.24. The molecular weight excluding hydrogens is 373 g/mol. The molecule has 2 aromatic carbocycles. The van der Waals surface area contributed by atoms with Crippen LogP contribution in [0.15, 0.2) is 53.6 Å². The van der Waals surface area contributed by atoms with E-state index in [-0.39, 0.29) is 17.9 Å². The Labute approximate surface area is 157 Å². The zero-order valence-corrected chi connectivity index (χ0v) is 14.7. The van der Waals surface area contributed by atoms with Crippen LogP contribution in [0.5, 0.6) is 0 Å². The van der Waals surface area contributed by atoms with Gasteiger partial charge in [-0.15, -0.1) is 10.2 Å². The maximum atomic E-state index is 12.8. The number of nitrogens with one attached hydrogen (secondary N) is 1. The van der Waals surface area contributed by atoms with Crippen LogP contribution in [0.25, 0.3) is 11.4 Å². The van der Waals surface area contributed by atoms with Crippen LogP contribution in [0.3, 0.4) is 0 Å². The Morgan fingerprint density at radius 1 is 1.21 bits per heavy atom. The first-order chi connectivity index (χ1) is 13.3. The molecule has 0 aliphatic heterocycles. The summed E-state index contributed by atoms with van der Waals surface area (Å²) < 4.78 is 38.4. The van der Waals surface area contributed by atoms with Crippen molar-refractivity contribution in [3.8, 4) is 11.4 Å². The largest absolute Gasteiger partial charge is 0.416 e. The highest BCUT2D eigenvalue weighted by molar-refractivity contribution is 5.82. The molecule has 10 heteroatoms. The molecule has 1 N–H and O–H groups in total. The molecular formula is C18H15F3N6O. The number of hydrogen-bond donors (Lipinski definition) is 1. The molecule has 0 aliphatic carbocycles. The van der Waals surface area contributed by atoms with Crippen LogP contribution in [0, 0.1) is 6.92 Å². The van der Waals surface area contributed by atoms with Crippen molar-refractivity contribution in [2.24, 2.45) is 5.10 Å². The van der Waals surface area contributed by atoms with Crippen molar-refractivity contribution in [3.63, 3.8) is 0 Å². The Bertz CT molecular complexity index is 1010. The van der Waals surface area contributed by atoms with E-state index in [1.165, 1.54) is 18.3 Å². The number of carbonyl (C=O) groups excluding carboxylic acids is 1. The third kappa shape index (κ3) is 5.00. The minimum absolute atomic E-state index is 0.0119. The van der Waals surface area contributed by atoms with Crippen molar-refractivity contribution in [2.75, 3.05) is 0 Å². The summed E-state index contributed by atoms with van der Waals surface area (Å²) in [5.41, 5.74) is 3.55. The van der Waals surface area contributed by atoms with Gasteiger partial charge in [-0.2, -0.15) is 23.1 Å². The fourth-order valence-electron chi connectivity index (χ4n) is 2.35. The van der Waals surface area contributed by atoms with Gasteiger partial charge in [-0.25, -0.2) is 5.43 Å². The monoisotopic (exact) mass is 388 g/mol. The summed E-state index contributed by atoms with van der Waals surface area (Å²) in [4.78, 5) is 12.9. The number of tetrazole rings is 1. The zero-order valence-electron chi connectivity index (χ0n) is 14.7. The van der Waals surface area contributed by atoms with Gasteiger partial charge in [0.05, 0.1) is 11.8 Å².